The van der Waals surface area contributed by atoms with E-state index in [0.29, 0.717) is 5.69 Å². The summed E-state index contributed by atoms with van der Waals surface area (Å²) in [5, 5.41) is 29.1. The molecule has 0 aliphatic rings. The molecule has 0 spiro atoms. The molecule has 0 fully saturated rings. The van der Waals surface area contributed by atoms with Crippen LogP contribution in [0.2, 0.25) is 0 Å². The molecule has 0 atom stereocenters. The van der Waals surface area contributed by atoms with Gasteiger partial charge in [-0.3, -0.25) is 4.98 Å². The van der Waals surface area contributed by atoms with Gasteiger partial charge in [-0.2, -0.15) is 0 Å². The molecule has 0 radical (unpaired) electrons. The third kappa shape index (κ3) is 3.09. The van der Waals surface area contributed by atoms with Crippen LogP contribution in [-0.4, -0.2) is 43.2 Å². The highest BCUT2D eigenvalue weighted by Crippen LogP contribution is 2.40. The number of aryl methyl sites for hydroxylation is 1. The SMILES string of the molecule is COc1cc(-c2nnc(OC(N)=O)n2-c2ccc(C)c3ncccc23)c(O)cc1O. The molecule has 4 N–H and O–H groups in total. The van der Waals surface area contributed by atoms with E-state index in [4.69, 9.17) is 15.2 Å². The van der Waals surface area contributed by atoms with Crippen molar-refractivity contribution in [1.82, 2.24) is 19.7 Å². The van der Waals surface area contributed by atoms with Crippen molar-refractivity contribution in [3.8, 4) is 40.3 Å². The number of primary amides is 1. The number of fused-ring (bicyclic) bond motifs is 1. The normalized spacial score (nSPS) is 10.9. The highest BCUT2D eigenvalue weighted by Gasteiger charge is 2.24. The van der Waals surface area contributed by atoms with Crippen LogP contribution in [0.5, 0.6) is 23.3 Å². The number of nitrogens with two attached hydrogens (primary N) is 1. The van der Waals surface area contributed by atoms with E-state index in [2.05, 4.69) is 15.2 Å². The molecule has 0 saturated carbocycles. The summed E-state index contributed by atoms with van der Waals surface area (Å²) in [6.45, 7) is 1.92. The van der Waals surface area contributed by atoms with Gasteiger partial charge in [0, 0.05) is 17.6 Å². The average molecular weight is 407 g/mol. The van der Waals surface area contributed by atoms with Gasteiger partial charge < -0.3 is 25.4 Å². The maximum atomic E-state index is 11.4. The maximum Gasteiger partial charge on any atom is 0.412 e. The summed E-state index contributed by atoms with van der Waals surface area (Å²) in [7, 11) is 1.38. The summed E-state index contributed by atoms with van der Waals surface area (Å²) in [6, 6.07) is 9.57. The molecule has 0 saturated heterocycles. The van der Waals surface area contributed by atoms with E-state index >= 15 is 0 Å². The first kappa shape index (κ1) is 19.0. The van der Waals surface area contributed by atoms with Gasteiger partial charge in [0.1, 0.15) is 5.75 Å². The van der Waals surface area contributed by atoms with Gasteiger partial charge >= 0.3 is 12.1 Å². The summed E-state index contributed by atoms with van der Waals surface area (Å²) in [5.74, 6) is -0.272. The molecule has 0 bridgehead atoms. The topological polar surface area (TPSA) is 146 Å². The number of hydrogen-bond donors (Lipinski definition) is 3. The molecule has 30 heavy (non-hydrogen) atoms. The Bertz CT molecular complexity index is 1280. The fourth-order valence-corrected chi connectivity index (χ4v) is 3.21. The van der Waals surface area contributed by atoms with Crippen LogP contribution in [0.15, 0.2) is 42.6 Å². The number of nitrogens with zero attached hydrogens (tertiary/aromatic N) is 4. The first-order chi connectivity index (χ1) is 14.4. The summed E-state index contributed by atoms with van der Waals surface area (Å²) >= 11 is 0. The summed E-state index contributed by atoms with van der Waals surface area (Å²) < 4.78 is 11.6. The second-order valence-electron chi connectivity index (χ2n) is 6.41. The number of amides is 1. The van der Waals surface area contributed by atoms with Crippen molar-refractivity contribution in [1.29, 1.82) is 0 Å². The predicted molar refractivity (Wildman–Crippen MR) is 107 cm³/mol. The zero-order valence-corrected chi connectivity index (χ0v) is 16.0. The fraction of sp³-hybridized carbons (Fsp3) is 0.100. The molecular weight excluding hydrogens is 390 g/mol. The molecule has 0 aliphatic carbocycles. The number of phenolic OH excluding ortho intramolecular Hbond substituents is 2. The molecule has 0 unspecified atom stereocenters. The molecule has 4 rings (SSSR count). The van der Waals surface area contributed by atoms with Gasteiger partial charge in [0.2, 0.25) is 0 Å². The third-order valence-electron chi connectivity index (χ3n) is 4.55. The van der Waals surface area contributed by atoms with Crippen molar-refractivity contribution in [3.05, 3.63) is 48.2 Å². The van der Waals surface area contributed by atoms with Crippen molar-refractivity contribution in [3.63, 3.8) is 0 Å². The van der Waals surface area contributed by atoms with Crippen LogP contribution < -0.4 is 15.2 Å². The second kappa shape index (κ2) is 7.24. The van der Waals surface area contributed by atoms with Crippen molar-refractivity contribution in [2.24, 2.45) is 5.73 Å². The van der Waals surface area contributed by atoms with Crippen molar-refractivity contribution in [2.45, 2.75) is 6.92 Å². The Morgan fingerprint density at radius 2 is 1.93 bits per heavy atom. The number of hydrogen-bond acceptors (Lipinski definition) is 8. The van der Waals surface area contributed by atoms with E-state index in [1.54, 1.807) is 18.3 Å². The number of ether oxygens (including phenoxy) is 2. The van der Waals surface area contributed by atoms with E-state index in [9.17, 15) is 15.0 Å². The number of aromatic nitrogens is 4. The quantitative estimate of drug-likeness (QED) is 0.468. The first-order valence-electron chi connectivity index (χ1n) is 8.78. The minimum Gasteiger partial charge on any atom is -0.507 e. The van der Waals surface area contributed by atoms with Crippen LogP contribution >= 0.6 is 0 Å². The summed E-state index contributed by atoms with van der Waals surface area (Å²) in [5.41, 5.74) is 7.60. The second-order valence-corrected chi connectivity index (χ2v) is 6.41. The van der Waals surface area contributed by atoms with Gasteiger partial charge in [0.15, 0.2) is 17.3 Å². The van der Waals surface area contributed by atoms with Crippen molar-refractivity contribution < 1.29 is 24.5 Å². The summed E-state index contributed by atoms with van der Waals surface area (Å²) in [4.78, 5) is 15.8. The number of pyridine rings is 1. The lowest BCUT2D eigenvalue weighted by Gasteiger charge is -2.14. The van der Waals surface area contributed by atoms with Crippen LogP contribution in [0, 0.1) is 6.92 Å². The number of carbonyl (C=O) groups excluding carboxylic acids is 1. The molecule has 10 heteroatoms. The van der Waals surface area contributed by atoms with Crippen LogP contribution in [0.25, 0.3) is 28.0 Å². The number of carbonyl (C=O) groups is 1. The lowest BCUT2D eigenvalue weighted by Crippen LogP contribution is -2.18. The van der Waals surface area contributed by atoms with Gasteiger partial charge in [0.05, 0.1) is 23.9 Å². The van der Waals surface area contributed by atoms with E-state index in [0.717, 1.165) is 22.5 Å². The van der Waals surface area contributed by atoms with Crippen LogP contribution in [-0.2, 0) is 0 Å². The number of aromatic hydroxyl groups is 2. The molecule has 1 amide bonds. The molecular formula is C20H17N5O5. The van der Waals surface area contributed by atoms with Crippen LogP contribution in [0.4, 0.5) is 4.79 Å². The largest absolute Gasteiger partial charge is 0.507 e. The molecule has 152 valence electrons. The molecule has 4 aromatic rings. The van der Waals surface area contributed by atoms with E-state index in [1.165, 1.54) is 17.7 Å². The zero-order chi connectivity index (χ0) is 21.4. The molecule has 2 heterocycles. The Morgan fingerprint density at radius 1 is 1.13 bits per heavy atom. The van der Waals surface area contributed by atoms with Gasteiger partial charge in [0.25, 0.3) is 0 Å². The number of phenols is 2. The highest BCUT2D eigenvalue weighted by molar-refractivity contribution is 5.90. The lowest BCUT2D eigenvalue weighted by atomic mass is 10.1. The smallest absolute Gasteiger partial charge is 0.412 e. The van der Waals surface area contributed by atoms with Crippen LogP contribution in [0.3, 0.4) is 0 Å². The van der Waals surface area contributed by atoms with Gasteiger partial charge in [-0.05, 0) is 36.8 Å². The number of rotatable bonds is 4. The van der Waals surface area contributed by atoms with E-state index in [1.807, 2.05) is 19.1 Å². The molecule has 0 aliphatic heterocycles. The Kier molecular flexibility index (Phi) is 4.59. The Hall–Kier alpha value is -4.34. The molecule has 2 aromatic heterocycles. The predicted octanol–water partition coefficient (Wildman–Crippen LogP) is 2.67. The van der Waals surface area contributed by atoms with Crippen LogP contribution in [0.1, 0.15) is 5.56 Å². The first-order valence-corrected chi connectivity index (χ1v) is 8.78. The Labute approximate surface area is 170 Å². The number of methoxy groups -OCH3 is 1. The zero-order valence-electron chi connectivity index (χ0n) is 16.0. The highest BCUT2D eigenvalue weighted by atomic mass is 16.6. The monoisotopic (exact) mass is 407 g/mol. The minimum atomic E-state index is -1.07. The van der Waals surface area contributed by atoms with Crippen molar-refractivity contribution in [2.75, 3.05) is 7.11 Å². The Balaban J connectivity index is 2.05. The van der Waals surface area contributed by atoms with Gasteiger partial charge in [-0.25, -0.2) is 9.36 Å². The van der Waals surface area contributed by atoms with Crippen molar-refractivity contribution >= 4 is 17.0 Å². The van der Waals surface area contributed by atoms with Gasteiger partial charge in [-0.1, -0.05) is 11.2 Å². The Morgan fingerprint density at radius 3 is 2.67 bits per heavy atom. The lowest BCUT2D eigenvalue weighted by molar-refractivity contribution is 0.206. The average Bonchev–Trinajstić information content (AvgIpc) is 3.11. The van der Waals surface area contributed by atoms with Gasteiger partial charge in [-0.15, -0.1) is 5.10 Å². The van der Waals surface area contributed by atoms with E-state index in [-0.39, 0.29) is 34.6 Å². The van der Waals surface area contributed by atoms with E-state index < -0.39 is 6.09 Å². The number of benzene rings is 2. The maximum absolute atomic E-state index is 11.4. The third-order valence-corrected chi connectivity index (χ3v) is 4.55. The molecule has 2 aromatic carbocycles. The summed E-state index contributed by atoms with van der Waals surface area (Å²) in [6.07, 6.45) is 0.598. The minimum absolute atomic E-state index is 0.116. The standard InChI is InChI=1S/C20H17N5O5/c1-10-5-6-13(11-4-3-7-22-17(10)11)25-18(23-24-20(25)30-19(21)28)12-8-16(29-2)15(27)9-14(12)26/h3-9,26-27H,1-2H3,(H2,21,28). The molecule has 10 nitrogen and oxygen atoms in total. The fourth-order valence-electron chi connectivity index (χ4n) is 3.21.